The monoisotopic (exact) mass is 271 g/mol. The molecule has 0 aliphatic heterocycles. The third kappa shape index (κ3) is 5.58. The van der Waals surface area contributed by atoms with E-state index >= 15 is 0 Å². The summed E-state index contributed by atoms with van der Waals surface area (Å²) >= 11 is 0. The fourth-order valence-electron chi connectivity index (χ4n) is 1.78. The molecule has 1 rings (SSSR count). The Morgan fingerprint density at radius 1 is 1.37 bits per heavy atom. The smallest absolute Gasteiger partial charge is 0.318 e. The van der Waals surface area contributed by atoms with Crippen molar-refractivity contribution in [2.24, 2.45) is 0 Å². The summed E-state index contributed by atoms with van der Waals surface area (Å²) in [4.78, 5) is 35.3. The lowest BCUT2D eigenvalue weighted by molar-refractivity contribution is -0.138. The second-order valence-corrected chi connectivity index (χ2v) is 4.73. The Bertz CT molecular complexity index is 355. The van der Waals surface area contributed by atoms with E-state index in [2.05, 4.69) is 10.6 Å². The molecule has 19 heavy (non-hydrogen) atoms. The predicted octanol–water partition coefficient (Wildman–Crippen LogP) is 0.160. The number of nitrogens with one attached hydrogen (secondary N) is 2. The molecule has 108 valence electrons. The van der Waals surface area contributed by atoms with Gasteiger partial charge in [-0.25, -0.2) is 4.79 Å². The Hall–Kier alpha value is -1.79. The van der Waals surface area contributed by atoms with Crippen molar-refractivity contribution in [2.75, 3.05) is 13.1 Å². The van der Waals surface area contributed by atoms with Gasteiger partial charge in [0.1, 0.15) is 0 Å². The molecule has 3 N–H and O–H groups in total. The van der Waals surface area contributed by atoms with Gasteiger partial charge in [-0.1, -0.05) is 0 Å². The Kier molecular flexibility index (Phi) is 5.59. The minimum absolute atomic E-state index is 0.0778. The van der Waals surface area contributed by atoms with Crippen LogP contribution in [0.3, 0.4) is 0 Å². The highest BCUT2D eigenvalue weighted by molar-refractivity contribution is 5.84. The van der Waals surface area contributed by atoms with Gasteiger partial charge in [0.2, 0.25) is 5.91 Å². The first kappa shape index (κ1) is 15.3. The molecule has 0 aromatic rings. The summed E-state index contributed by atoms with van der Waals surface area (Å²) in [5.41, 5.74) is 0. The number of hydrogen-bond donors (Lipinski definition) is 3. The van der Waals surface area contributed by atoms with Crippen LogP contribution >= 0.6 is 0 Å². The van der Waals surface area contributed by atoms with E-state index in [1.807, 2.05) is 0 Å². The molecular formula is C12H21N3O4. The number of carbonyl (C=O) groups is 3. The summed E-state index contributed by atoms with van der Waals surface area (Å²) < 4.78 is 0. The van der Waals surface area contributed by atoms with Gasteiger partial charge in [-0.15, -0.1) is 0 Å². The van der Waals surface area contributed by atoms with Crippen LogP contribution in [0.25, 0.3) is 0 Å². The molecule has 7 heteroatoms. The van der Waals surface area contributed by atoms with E-state index in [0.717, 1.165) is 12.8 Å². The van der Waals surface area contributed by atoms with Crippen molar-refractivity contribution in [3.05, 3.63) is 0 Å². The van der Waals surface area contributed by atoms with Crippen LogP contribution in [0, 0.1) is 0 Å². The quantitative estimate of drug-likeness (QED) is 0.614. The molecule has 1 unspecified atom stereocenters. The summed E-state index contributed by atoms with van der Waals surface area (Å²) in [6.45, 7) is 3.75. The number of carbonyl (C=O) groups excluding carboxylic acids is 2. The van der Waals surface area contributed by atoms with Crippen LogP contribution < -0.4 is 10.6 Å². The van der Waals surface area contributed by atoms with Crippen molar-refractivity contribution >= 4 is 17.9 Å². The normalized spacial score (nSPS) is 15.5. The maximum absolute atomic E-state index is 11.8. The van der Waals surface area contributed by atoms with E-state index in [9.17, 15) is 14.4 Å². The minimum atomic E-state index is -0.953. The molecule has 0 spiro atoms. The van der Waals surface area contributed by atoms with Crippen LogP contribution in [0.15, 0.2) is 0 Å². The Labute approximate surface area is 112 Å². The number of carboxylic acid groups (broad SMARTS) is 1. The van der Waals surface area contributed by atoms with E-state index in [1.165, 1.54) is 4.90 Å². The van der Waals surface area contributed by atoms with Crippen LogP contribution in [-0.2, 0) is 9.59 Å². The predicted molar refractivity (Wildman–Crippen MR) is 68.7 cm³/mol. The molecular weight excluding hydrogens is 250 g/mol. The Morgan fingerprint density at radius 2 is 2.00 bits per heavy atom. The van der Waals surface area contributed by atoms with Crippen molar-refractivity contribution < 1.29 is 19.5 Å². The first-order valence-corrected chi connectivity index (χ1v) is 6.49. The van der Waals surface area contributed by atoms with Gasteiger partial charge >= 0.3 is 12.0 Å². The van der Waals surface area contributed by atoms with Crippen LogP contribution in [-0.4, -0.2) is 53.1 Å². The number of nitrogens with zero attached hydrogens (tertiary/aromatic N) is 1. The molecule has 0 saturated heterocycles. The van der Waals surface area contributed by atoms with E-state index in [1.54, 1.807) is 13.8 Å². The van der Waals surface area contributed by atoms with Gasteiger partial charge in [-0.2, -0.15) is 0 Å². The van der Waals surface area contributed by atoms with Gasteiger partial charge in [0, 0.05) is 18.6 Å². The molecule has 0 heterocycles. The maximum atomic E-state index is 11.8. The number of hydrogen-bond acceptors (Lipinski definition) is 3. The zero-order valence-corrected chi connectivity index (χ0v) is 11.3. The number of carboxylic acids is 1. The lowest BCUT2D eigenvalue weighted by Gasteiger charge is -2.27. The van der Waals surface area contributed by atoms with E-state index < -0.39 is 18.0 Å². The van der Waals surface area contributed by atoms with Crippen LogP contribution in [0.2, 0.25) is 0 Å². The van der Waals surface area contributed by atoms with E-state index in [-0.39, 0.29) is 24.9 Å². The highest BCUT2D eigenvalue weighted by Crippen LogP contribution is 2.18. The molecule has 1 atom stereocenters. The average molecular weight is 271 g/mol. The van der Waals surface area contributed by atoms with Crippen LogP contribution in [0.5, 0.6) is 0 Å². The van der Waals surface area contributed by atoms with Crippen molar-refractivity contribution in [3.8, 4) is 0 Å². The minimum Gasteiger partial charge on any atom is -0.481 e. The summed E-state index contributed by atoms with van der Waals surface area (Å²) in [7, 11) is 0. The molecule has 1 saturated carbocycles. The van der Waals surface area contributed by atoms with Gasteiger partial charge in [0.15, 0.2) is 0 Å². The summed E-state index contributed by atoms with van der Waals surface area (Å²) in [5.74, 6) is -1.16. The standard InChI is InChI=1S/C12H21N3O4/c1-3-15(8(2)6-11(17)18)12(19)13-7-10(16)14-9-4-5-9/h8-9H,3-7H2,1-2H3,(H,13,19)(H,14,16)(H,17,18). The van der Waals surface area contributed by atoms with Crippen LogP contribution in [0.1, 0.15) is 33.1 Å². The number of aliphatic carboxylic acids is 1. The van der Waals surface area contributed by atoms with E-state index in [0.29, 0.717) is 6.54 Å². The zero-order chi connectivity index (χ0) is 14.4. The maximum Gasteiger partial charge on any atom is 0.318 e. The van der Waals surface area contributed by atoms with Crippen molar-refractivity contribution in [1.82, 2.24) is 15.5 Å². The van der Waals surface area contributed by atoms with Gasteiger partial charge in [0.25, 0.3) is 0 Å². The van der Waals surface area contributed by atoms with Crippen molar-refractivity contribution in [2.45, 2.75) is 45.2 Å². The van der Waals surface area contributed by atoms with Gasteiger partial charge in [-0.3, -0.25) is 9.59 Å². The molecule has 1 aliphatic carbocycles. The lowest BCUT2D eigenvalue weighted by Crippen LogP contribution is -2.48. The highest BCUT2D eigenvalue weighted by atomic mass is 16.4. The molecule has 1 aliphatic rings. The molecule has 0 bridgehead atoms. The average Bonchev–Trinajstić information content (AvgIpc) is 3.10. The zero-order valence-electron chi connectivity index (χ0n) is 11.3. The molecule has 3 amide bonds. The third-order valence-electron chi connectivity index (χ3n) is 2.95. The first-order valence-electron chi connectivity index (χ1n) is 6.49. The molecule has 0 aromatic carbocycles. The highest BCUT2D eigenvalue weighted by Gasteiger charge is 2.24. The van der Waals surface area contributed by atoms with Crippen LogP contribution in [0.4, 0.5) is 4.79 Å². The Morgan fingerprint density at radius 3 is 2.47 bits per heavy atom. The number of amides is 3. The molecule has 0 aromatic heterocycles. The summed E-state index contributed by atoms with van der Waals surface area (Å²) in [5, 5.41) is 14.0. The summed E-state index contributed by atoms with van der Waals surface area (Å²) in [6, 6.07) is -0.561. The second kappa shape index (κ2) is 6.96. The number of urea groups is 1. The third-order valence-corrected chi connectivity index (χ3v) is 2.95. The summed E-state index contributed by atoms with van der Waals surface area (Å²) in [6.07, 6.45) is 1.88. The Balaban J connectivity index is 2.35. The van der Waals surface area contributed by atoms with Gasteiger partial charge in [0.05, 0.1) is 13.0 Å². The molecule has 0 radical (unpaired) electrons. The lowest BCUT2D eigenvalue weighted by atomic mass is 10.2. The second-order valence-electron chi connectivity index (χ2n) is 4.73. The largest absolute Gasteiger partial charge is 0.481 e. The molecule has 7 nitrogen and oxygen atoms in total. The van der Waals surface area contributed by atoms with Crippen molar-refractivity contribution in [1.29, 1.82) is 0 Å². The van der Waals surface area contributed by atoms with Crippen molar-refractivity contribution in [3.63, 3.8) is 0 Å². The molecule has 1 fully saturated rings. The number of rotatable bonds is 7. The fourth-order valence-corrected chi connectivity index (χ4v) is 1.78. The van der Waals surface area contributed by atoms with Gasteiger partial charge in [-0.05, 0) is 26.7 Å². The fraction of sp³-hybridized carbons (Fsp3) is 0.750. The first-order chi connectivity index (χ1) is 8.93. The topological polar surface area (TPSA) is 98.7 Å². The van der Waals surface area contributed by atoms with Gasteiger partial charge < -0.3 is 20.6 Å². The van der Waals surface area contributed by atoms with E-state index in [4.69, 9.17) is 5.11 Å². The SMILES string of the molecule is CCN(C(=O)NCC(=O)NC1CC1)C(C)CC(=O)O.